The van der Waals surface area contributed by atoms with Crippen molar-refractivity contribution in [3.63, 3.8) is 0 Å². The van der Waals surface area contributed by atoms with Gasteiger partial charge in [0.2, 0.25) is 0 Å². The lowest BCUT2D eigenvalue weighted by atomic mass is 10.2. The predicted molar refractivity (Wildman–Crippen MR) is 58.1 cm³/mol. The number of hydrogen-bond donors (Lipinski definition) is 2. The van der Waals surface area contributed by atoms with Gasteiger partial charge in [0.15, 0.2) is 0 Å². The highest BCUT2D eigenvalue weighted by Gasteiger charge is 2.13. The largest absolute Gasteiger partial charge is 0.512 e. The first-order valence-electron chi connectivity index (χ1n) is 4.42. The Bertz CT molecular complexity index is 450. The van der Waals surface area contributed by atoms with E-state index in [2.05, 4.69) is 5.32 Å². The number of nitrogens with zero attached hydrogens (tertiary/aromatic N) is 1. The monoisotopic (exact) mass is 222 g/mol. The van der Waals surface area contributed by atoms with Crippen LogP contribution in [0.15, 0.2) is 36.1 Å². The average molecular weight is 222 g/mol. The van der Waals surface area contributed by atoms with Gasteiger partial charge in [-0.05, 0) is 13.0 Å². The van der Waals surface area contributed by atoms with Crippen molar-refractivity contribution in [3.8, 4) is 0 Å². The maximum absolute atomic E-state index is 11.2. The van der Waals surface area contributed by atoms with E-state index in [1.54, 1.807) is 6.07 Å². The first-order valence-corrected chi connectivity index (χ1v) is 4.42. The third kappa shape index (κ3) is 3.09. The summed E-state index contributed by atoms with van der Waals surface area (Å²) in [6, 6.07) is 5.76. The number of benzene rings is 1. The van der Waals surface area contributed by atoms with Crippen LogP contribution in [0.1, 0.15) is 6.92 Å². The fraction of sp³-hybridized carbons (Fsp3) is 0.100. The molecule has 6 nitrogen and oxygen atoms in total. The van der Waals surface area contributed by atoms with Crippen molar-refractivity contribution in [1.82, 2.24) is 0 Å². The number of amides is 1. The Labute approximate surface area is 91.4 Å². The molecule has 1 aromatic rings. The molecule has 0 spiro atoms. The van der Waals surface area contributed by atoms with Gasteiger partial charge in [0, 0.05) is 12.1 Å². The van der Waals surface area contributed by atoms with E-state index in [4.69, 9.17) is 5.11 Å². The van der Waals surface area contributed by atoms with Crippen LogP contribution in [0.5, 0.6) is 0 Å². The number of rotatable bonds is 3. The van der Waals surface area contributed by atoms with E-state index in [9.17, 15) is 14.9 Å². The molecule has 6 heteroatoms. The zero-order valence-corrected chi connectivity index (χ0v) is 8.51. The lowest BCUT2D eigenvalue weighted by molar-refractivity contribution is -0.383. The minimum absolute atomic E-state index is 0.0926. The summed E-state index contributed by atoms with van der Waals surface area (Å²) >= 11 is 0. The lowest BCUT2D eigenvalue weighted by Gasteiger charge is -2.02. The molecule has 16 heavy (non-hydrogen) atoms. The Morgan fingerprint density at radius 2 is 2.12 bits per heavy atom. The van der Waals surface area contributed by atoms with E-state index in [0.717, 1.165) is 6.08 Å². The van der Waals surface area contributed by atoms with Gasteiger partial charge in [-0.2, -0.15) is 0 Å². The van der Waals surface area contributed by atoms with Crippen LogP contribution in [0.4, 0.5) is 11.4 Å². The molecule has 0 fully saturated rings. The van der Waals surface area contributed by atoms with Gasteiger partial charge in [-0.15, -0.1) is 0 Å². The molecular weight excluding hydrogens is 212 g/mol. The molecule has 1 rings (SSSR count). The zero-order valence-electron chi connectivity index (χ0n) is 8.51. The average Bonchev–Trinajstić information content (AvgIpc) is 2.16. The fourth-order valence-corrected chi connectivity index (χ4v) is 1.10. The topological polar surface area (TPSA) is 92.5 Å². The van der Waals surface area contributed by atoms with Gasteiger partial charge in [-0.1, -0.05) is 12.1 Å². The fourth-order valence-electron chi connectivity index (χ4n) is 1.10. The van der Waals surface area contributed by atoms with E-state index >= 15 is 0 Å². The summed E-state index contributed by atoms with van der Waals surface area (Å²) in [5, 5.41) is 21.8. The highest BCUT2D eigenvalue weighted by atomic mass is 16.6. The number of aliphatic hydroxyl groups excluding tert-OH is 1. The lowest BCUT2D eigenvalue weighted by Crippen LogP contribution is -2.10. The molecule has 0 aliphatic rings. The van der Waals surface area contributed by atoms with Gasteiger partial charge >= 0.3 is 0 Å². The molecule has 0 radical (unpaired) electrons. The van der Waals surface area contributed by atoms with Crippen molar-refractivity contribution < 1.29 is 14.8 Å². The number of carbonyl (C=O) groups is 1. The van der Waals surface area contributed by atoms with Crippen LogP contribution < -0.4 is 5.32 Å². The summed E-state index contributed by atoms with van der Waals surface area (Å²) in [6.07, 6.45) is 0.941. The maximum atomic E-state index is 11.2. The van der Waals surface area contributed by atoms with E-state index in [-0.39, 0.29) is 17.1 Å². The predicted octanol–water partition coefficient (Wildman–Crippen LogP) is 2.00. The van der Waals surface area contributed by atoms with Crippen LogP contribution in [0.3, 0.4) is 0 Å². The van der Waals surface area contributed by atoms with E-state index in [1.165, 1.54) is 25.1 Å². The smallest absolute Gasteiger partial charge is 0.292 e. The standard InChI is InChI=1S/C10H10N2O4/c1-7(13)6-10(14)11-8-4-2-3-5-9(8)12(15)16/h2-6,13H,1H3,(H,11,14)/b7-6-. The minimum atomic E-state index is -0.616. The molecule has 0 aliphatic heterocycles. The van der Waals surface area contributed by atoms with Gasteiger partial charge in [0.05, 0.1) is 10.7 Å². The summed E-state index contributed by atoms with van der Waals surface area (Å²) in [4.78, 5) is 21.3. The molecular formula is C10H10N2O4. The van der Waals surface area contributed by atoms with Gasteiger partial charge < -0.3 is 10.4 Å². The molecule has 2 N–H and O–H groups in total. The van der Waals surface area contributed by atoms with Crippen molar-refractivity contribution in [1.29, 1.82) is 0 Å². The summed E-state index contributed by atoms with van der Waals surface area (Å²) in [6.45, 7) is 1.33. The van der Waals surface area contributed by atoms with E-state index < -0.39 is 10.8 Å². The van der Waals surface area contributed by atoms with Crippen molar-refractivity contribution >= 4 is 17.3 Å². The van der Waals surface area contributed by atoms with E-state index in [0.29, 0.717) is 0 Å². The second kappa shape index (κ2) is 4.92. The third-order valence-corrected chi connectivity index (χ3v) is 1.70. The molecule has 0 saturated carbocycles. The molecule has 0 aliphatic carbocycles. The summed E-state index contributed by atoms with van der Waals surface area (Å²) < 4.78 is 0. The molecule has 0 atom stereocenters. The summed E-state index contributed by atoms with van der Waals surface area (Å²) in [5.41, 5.74) is -0.102. The second-order valence-electron chi connectivity index (χ2n) is 3.05. The zero-order chi connectivity index (χ0) is 12.1. The Hall–Kier alpha value is -2.37. The first-order chi connectivity index (χ1) is 7.50. The minimum Gasteiger partial charge on any atom is -0.512 e. The number of hydrogen-bond acceptors (Lipinski definition) is 4. The number of anilines is 1. The molecule has 0 saturated heterocycles. The number of nitro benzene ring substituents is 1. The van der Waals surface area contributed by atoms with Gasteiger partial charge in [0.1, 0.15) is 5.69 Å². The second-order valence-corrected chi connectivity index (χ2v) is 3.05. The number of allylic oxidation sites excluding steroid dienone is 1. The number of nitro groups is 1. The Morgan fingerprint density at radius 1 is 1.50 bits per heavy atom. The van der Waals surface area contributed by atoms with Gasteiger partial charge in [-0.3, -0.25) is 14.9 Å². The normalized spacial score (nSPS) is 10.9. The van der Waals surface area contributed by atoms with Crippen molar-refractivity contribution in [3.05, 3.63) is 46.2 Å². The number of nitrogens with one attached hydrogen (secondary N) is 1. The molecule has 0 unspecified atom stereocenters. The van der Waals surface area contributed by atoms with Crippen molar-refractivity contribution in [2.75, 3.05) is 5.32 Å². The quantitative estimate of drug-likeness (QED) is 0.354. The Kier molecular flexibility index (Phi) is 3.60. The third-order valence-electron chi connectivity index (χ3n) is 1.70. The molecule has 1 aromatic carbocycles. The van der Waals surface area contributed by atoms with Crippen LogP contribution in [0.25, 0.3) is 0 Å². The Balaban J connectivity index is 2.93. The van der Waals surface area contributed by atoms with E-state index in [1.807, 2.05) is 0 Å². The number of aliphatic hydroxyl groups is 1. The SMILES string of the molecule is C/C(O)=C/C(=O)Nc1ccccc1[N+](=O)[O-]. The molecule has 0 heterocycles. The van der Waals surface area contributed by atoms with Crippen LogP contribution >= 0.6 is 0 Å². The molecule has 0 bridgehead atoms. The molecule has 84 valence electrons. The van der Waals surface area contributed by atoms with Crippen LogP contribution in [0, 0.1) is 10.1 Å². The maximum Gasteiger partial charge on any atom is 0.292 e. The van der Waals surface area contributed by atoms with Gasteiger partial charge in [0.25, 0.3) is 11.6 Å². The van der Waals surface area contributed by atoms with Gasteiger partial charge in [-0.25, -0.2) is 0 Å². The highest BCUT2D eigenvalue weighted by molar-refractivity contribution is 6.00. The van der Waals surface area contributed by atoms with Crippen LogP contribution in [0.2, 0.25) is 0 Å². The molecule has 0 aromatic heterocycles. The summed E-state index contributed by atoms with van der Waals surface area (Å²) in [5.74, 6) is -0.787. The van der Waals surface area contributed by atoms with Crippen LogP contribution in [-0.2, 0) is 4.79 Å². The van der Waals surface area contributed by atoms with Crippen LogP contribution in [-0.4, -0.2) is 15.9 Å². The highest BCUT2D eigenvalue weighted by Crippen LogP contribution is 2.22. The summed E-state index contributed by atoms with van der Waals surface area (Å²) in [7, 11) is 0. The first kappa shape index (κ1) is 11.7. The molecule has 1 amide bonds. The Morgan fingerprint density at radius 3 is 2.69 bits per heavy atom. The number of para-hydroxylation sites is 2. The van der Waals surface area contributed by atoms with Crippen molar-refractivity contribution in [2.24, 2.45) is 0 Å². The van der Waals surface area contributed by atoms with Crippen molar-refractivity contribution in [2.45, 2.75) is 6.92 Å². The number of carbonyl (C=O) groups excluding carboxylic acids is 1.